The Kier molecular flexibility index (Phi) is 4.48. The second-order valence-electron chi connectivity index (χ2n) is 5.21. The van der Waals surface area contributed by atoms with E-state index in [4.69, 9.17) is 9.15 Å². The minimum absolute atomic E-state index is 0.0272. The van der Waals surface area contributed by atoms with Crippen molar-refractivity contribution in [3.05, 3.63) is 60.1 Å². The maximum absolute atomic E-state index is 12.1. The number of Topliss-reactive ketones (excluding diaryl/α,β-unsaturated/α-hetero) is 1. The Hall–Kier alpha value is -1.91. The van der Waals surface area contributed by atoms with Crippen LogP contribution in [-0.4, -0.2) is 36.9 Å². The average Bonchev–Trinajstić information content (AvgIpc) is 3.08. The molecule has 4 nitrogen and oxygen atoms in total. The van der Waals surface area contributed by atoms with Crippen molar-refractivity contribution < 1.29 is 13.9 Å². The lowest BCUT2D eigenvalue weighted by Gasteiger charge is -2.31. The zero-order chi connectivity index (χ0) is 14.5. The summed E-state index contributed by atoms with van der Waals surface area (Å²) in [5.41, 5.74) is 0.786. The van der Waals surface area contributed by atoms with Gasteiger partial charge in [0.15, 0.2) is 5.78 Å². The molecule has 1 fully saturated rings. The van der Waals surface area contributed by atoms with Crippen LogP contribution in [0.4, 0.5) is 0 Å². The Morgan fingerprint density at radius 1 is 1.19 bits per heavy atom. The van der Waals surface area contributed by atoms with Crippen LogP contribution in [0.5, 0.6) is 0 Å². The van der Waals surface area contributed by atoms with Gasteiger partial charge in [0, 0.05) is 31.6 Å². The van der Waals surface area contributed by atoms with Gasteiger partial charge < -0.3 is 9.15 Å². The molecule has 0 bridgehead atoms. The van der Waals surface area contributed by atoms with Crippen molar-refractivity contribution in [1.29, 1.82) is 0 Å². The van der Waals surface area contributed by atoms with Gasteiger partial charge in [0.25, 0.3) is 0 Å². The minimum atomic E-state index is -0.0272. The van der Waals surface area contributed by atoms with Crippen molar-refractivity contribution in [1.82, 2.24) is 4.90 Å². The minimum Gasteiger partial charge on any atom is -0.467 e. The molecule has 0 radical (unpaired) electrons. The lowest BCUT2D eigenvalue weighted by molar-refractivity contribution is -0.0397. The van der Waals surface area contributed by atoms with Gasteiger partial charge in [-0.3, -0.25) is 9.69 Å². The highest BCUT2D eigenvalue weighted by Crippen LogP contribution is 2.22. The number of carbonyl (C=O) groups is 1. The molecule has 0 amide bonds. The summed E-state index contributed by atoms with van der Waals surface area (Å²) in [5, 5.41) is 0. The van der Waals surface area contributed by atoms with E-state index in [0.717, 1.165) is 31.0 Å². The molecule has 0 aliphatic carbocycles. The number of nitrogens with zero attached hydrogens (tertiary/aromatic N) is 1. The highest BCUT2D eigenvalue weighted by Gasteiger charge is 2.24. The van der Waals surface area contributed by atoms with E-state index in [1.165, 1.54) is 0 Å². The van der Waals surface area contributed by atoms with Crippen LogP contribution in [-0.2, 0) is 4.74 Å². The fourth-order valence-corrected chi connectivity index (χ4v) is 2.58. The van der Waals surface area contributed by atoms with Crippen LogP contribution in [0.1, 0.15) is 28.6 Å². The maximum atomic E-state index is 12.1. The zero-order valence-electron chi connectivity index (χ0n) is 11.9. The molecule has 2 aromatic rings. The lowest BCUT2D eigenvalue weighted by Crippen LogP contribution is -2.39. The summed E-state index contributed by atoms with van der Waals surface area (Å²) >= 11 is 0. The summed E-state index contributed by atoms with van der Waals surface area (Å²) in [6, 6.07) is 13.3. The van der Waals surface area contributed by atoms with Crippen LogP contribution in [0.25, 0.3) is 0 Å². The summed E-state index contributed by atoms with van der Waals surface area (Å²) in [5.74, 6) is 1.05. The molecule has 21 heavy (non-hydrogen) atoms. The predicted molar refractivity (Wildman–Crippen MR) is 79.2 cm³/mol. The van der Waals surface area contributed by atoms with Gasteiger partial charge in [0.1, 0.15) is 11.9 Å². The first-order valence-corrected chi connectivity index (χ1v) is 7.28. The van der Waals surface area contributed by atoms with Crippen LogP contribution >= 0.6 is 0 Å². The molecule has 1 aromatic carbocycles. The molecule has 1 aliphatic rings. The SMILES string of the molecule is O=C(CCN1CCOC(c2ccco2)C1)c1ccccc1. The van der Waals surface area contributed by atoms with Crippen LogP contribution in [0.15, 0.2) is 53.1 Å². The van der Waals surface area contributed by atoms with E-state index < -0.39 is 0 Å². The first kappa shape index (κ1) is 14.0. The van der Waals surface area contributed by atoms with E-state index in [1.807, 2.05) is 42.5 Å². The van der Waals surface area contributed by atoms with E-state index in [9.17, 15) is 4.79 Å². The molecule has 1 atom stereocenters. The second-order valence-corrected chi connectivity index (χ2v) is 5.21. The number of morpholine rings is 1. The second kappa shape index (κ2) is 6.70. The van der Waals surface area contributed by atoms with Gasteiger partial charge in [-0.25, -0.2) is 0 Å². The highest BCUT2D eigenvalue weighted by atomic mass is 16.5. The fourth-order valence-electron chi connectivity index (χ4n) is 2.58. The van der Waals surface area contributed by atoms with E-state index in [0.29, 0.717) is 13.0 Å². The maximum Gasteiger partial charge on any atom is 0.164 e. The summed E-state index contributed by atoms with van der Waals surface area (Å²) in [6.07, 6.45) is 2.17. The smallest absolute Gasteiger partial charge is 0.164 e. The first-order valence-electron chi connectivity index (χ1n) is 7.28. The van der Waals surface area contributed by atoms with E-state index in [1.54, 1.807) is 6.26 Å². The molecule has 2 heterocycles. The Morgan fingerprint density at radius 2 is 2.05 bits per heavy atom. The number of furan rings is 1. The number of benzene rings is 1. The Labute approximate surface area is 124 Å². The average molecular weight is 285 g/mol. The third-order valence-corrected chi connectivity index (χ3v) is 3.76. The lowest BCUT2D eigenvalue weighted by atomic mass is 10.1. The third-order valence-electron chi connectivity index (χ3n) is 3.76. The molecule has 1 aliphatic heterocycles. The molecule has 3 rings (SSSR count). The van der Waals surface area contributed by atoms with Crippen molar-refractivity contribution >= 4 is 5.78 Å². The topological polar surface area (TPSA) is 42.7 Å². The first-order chi connectivity index (χ1) is 10.3. The van der Waals surface area contributed by atoms with Crippen LogP contribution in [0.3, 0.4) is 0 Å². The van der Waals surface area contributed by atoms with Gasteiger partial charge in [-0.15, -0.1) is 0 Å². The summed E-state index contributed by atoms with van der Waals surface area (Å²) in [7, 11) is 0. The number of hydrogen-bond donors (Lipinski definition) is 0. The molecule has 1 aromatic heterocycles. The summed E-state index contributed by atoms with van der Waals surface area (Å²) < 4.78 is 11.1. The van der Waals surface area contributed by atoms with Crippen molar-refractivity contribution in [3.8, 4) is 0 Å². The molecule has 110 valence electrons. The number of hydrogen-bond acceptors (Lipinski definition) is 4. The van der Waals surface area contributed by atoms with Crippen LogP contribution in [0.2, 0.25) is 0 Å². The van der Waals surface area contributed by atoms with Crippen molar-refractivity contribution in [2.45, 2.75) is 12.5 Å². The van der Waals surface area contributed by atoms with Gasteiger partial charge in [-0.1, -0.05) is 30.3 Å². The molecule has 0 saturated carbocycles. The number of ketones is 1. The molecule has 1 unspecified atom stereocenters. The van der Waals surface area contributed by atoms with Gasteiger partial charge in [-0.05, 0) is 12.1 Å². The highest BCUT2D eigenvalue weighted by molar-refractivity contribution is 5.96. The van der Waals surface area contributed by atoms with Crippen LogP contribution in [0, 0.1) is 0 Å². The third kappa shape index (κ3) is 3.60. The number of carbonyl (C=O) groups excluding carboxylic acids is 1. The quantitative estimate of drug-likeness (QED) is 0.792. The predicted octanol–water partition coefficient (Wildman–Crippen LogP) is 2.93. The molecule has 4 heteroatoms. The standard InChI is InChI=1S/C17H19NO3/c19-15(14-5-2-1-3-6-14)8-9-18-10-12-21-17(13-18)16-7-4-11-20-16/h1-7,11,17H,8-10,12-13H2. The van der Waals surface area contributed by atoms with Crippen molar-refractivity contribution in [2.75, 3.05) is 26.2 Å². The monoisotopic (exact) mass is 285 g/mol. The van der Waals surface area contributed by atoms with E-state index in [-0.39, 0.29) is 11.9 Å². The van der Waals surface area contributed by atoms with E-state index in [2.05, 4.69) is 4.90 Å². The molecule has 0 spiro atoms. The Morgan fingerprint density at radius 3 is 2.81 bits per heavy atom. The Balaban J connectivity index is 1.52. The van der Waals surface area contributed by atoms with Gasteiger partial charge in [0.05, 0.1) is 12.9 Å². The Bertz CT molecular complexity index is 565. The molecule has 0 N–H and O–H groups in total. The van der Waals surface area contributed by atoms with E-state index >= 15 is 0 Å². The van der Waals surface area contributed by atoms with Gasteiger partial charge in [0.2, 0.25) is 0 Å². The molecular formula is C17H19NO3. The van der Waals surface area contributed by atoms with Crippen molar-refractivity contribution in [2.24, 2.45) is 0 Å². The number of ether oxygens (including phenoxy) is 1. The summed E-state index contributed by atoms with van der Waals surface area (Å²) in [4.78, 5) is 14.4. The zero-order valence-corrected chi connectivity index (χ0v) is 11.9. The normalized spacial score (nSPS) is 19.5. The fraction of sp³-hybridized carbons (Fsp3) is 0.353. The van der Waals surface area contributed by atoms with Gasteiger partial charge >= 0.3 is 0 Å². The van der Waals surface area contributed by atoms with Crippen LogP contribution < -0.4 is 0 Å². The largest absolute Gasteiger partial charge is 0.467 e. The molecular weight excluding hydrogens is 266 g/mol. The number of rotatable bonds is 5. The summed E-state index contributed by atoms with van der Waals surface area (Å²) in [6.45, 7) is 3.06. The van der Waals surface area contributed by atoms with Crippen molar-refractivity contribution in [3.63, 3.8) is 0 Å². The van der Waals surface area contributed by atoms with Gasteiger partial charge in [-0.2, -0.15) is 0 Å². The molecule has 1 saturated heterocycles.